The largest absolute Gasteiger partial charge is 0.322 e. The maximum absolute atomic E-state index is 13.2. The summed E-state index contributed by atoms with van der Waals surface area (Å²) in [6.07, 6.45) is 0. The topological polar surface area (TPSA) is 121 Å². The number of rotatable bonds is 8. The number of nitrogens with one attached hydrogen (secondary N) is 3. The van der Waals surface area contributed by atoms with Crippen molar-refractivity contribution in [2.24, 2.45) is 0 Å². The molecule has 4 rings (SSSR count). The number of carbonyl (C=O) groups excluding carboxylic acids is 1. The van der Waals surface area contributed by atoms with Crippen molar-refractivity contribution in [3.8, 4) is 0 Å². The molecule has 10 heteroatoms. The number of hydrogen-bond donors (Lipinski definition) is 3. The van der Waals surface area contributed by atoms with Crippen LogP contribution in [0, 0.1) is 27.7 Å². The predicted molar refractivity (Wildman–Crippen MR) is 154 cm³/mol. The average molecular weight is 564 g/mol. The zero-order valence-electron chi connectivity index (χ0n) is 21.9. The molecule has 0 heterocycles. The Morgan fingerprint density at radius 2 is 1.21 bits per heavy atom. The van der Waals surface area contributed by atoms with E-state index in [-0.39, 0.29) is 15.4 Å². The van der Waals surface area contributed by atoms with Gasteiger partial charge in [0.25, 0.3) is 26.0 Å². The lowest BCUT2D eigenvalue weighted by Crippen LogP contribution is -2.17. The first-order valence-corrected chi connectivity index (χ1v) is 15.0. The summed E-state index contributed by atoms with van der Waals surface area (Å²) < 4.78 is 56.9. The predicted octanol–water partition coefficient (Wildman–Crippen LogP) is 5.77. The Labute approximate surface area is 229 Å². The second-order valence-corrected chi connectivity index (χ2v) is 12.7. The number of hydrogen-bond acceptors (Lipinski definition) is 5. The van der Waals surface area contributed by atoms with Gasteiger partial charge in [0.2, 0.25) is 0 Å². The quantitative estimate of drug-likeness (QED) is 0.251. The van der Waals surface area contributed by atoms with Crippen molar-refractivity contribution in [2.45, 2.75) is 37.5 Å². The van der Waals surface area contributed by atoms with Gasteiger partial charge in [0.1, 0.15) is 0 Å². The van der Waals surface area contributed by atoms with E-state index in [4.69, 9.17) is 0 Å². The van der Waals surface area contributed by atoms with E-state index in [0.717, 1.165) is 16.7 Å². The van der Waals surface area contributed by atoms with E-state index in [1.807, 2.05) is 32.9 Å². The minimum Gasteiger partial charge on any atom is -0.322 e. The Balaban J connectivity index is 1.50. The molecule has 202 valence electrons. The molecule has 0 saturated carbocycles. The summed E-state index contributed by atoms with van der Waals surface area (Å²) in [6.45, 7) is 7.30. The van der Waals surface area contributed by atoms with Crippen molar-refractivity contribution >= 4 is 43.0 Å². The second kappa shape index (κ2) is 10.9. The van der Waals surface area contributed by atoms with Crippen LogP contribution in [0.5, 0.6) is 0 Å². The van der Waals surface area contributed by atoms with Gasteiger partial charge in [-0.05, 0) is 93.4 Å². The number of carbonyl (C=O) groups is 1. The lowest BCUT2D eigenvalue weighted by molar-refractivity contribution is 0.102. The van der Waals surface area contributed by atoms with Gasteiger partial charge in [0.15, 0.2) is 0 Å². The fourth-order valence-corrected chi connectivity index (χ4v) is 6.38. The summed E-state index contributed by atoms with van der Waals surface area (Å²) in [5.41, 5.74) is 4.68. The number of aryl methyl sites for hydroxylation is 4. The lowest BCUT2D eigenvalue weighted by Gasteiger charge is -2.14. The molecule has 1 amide bonds. The highest BCUT2D eigenvalue weighted by Gasteiger charge is 2.21. The molecule has 0 aliphatic heterocycles. The van der Waals surface area contributed by atoms with Crippen LogP contribution in [-0.2, 0) is 20.0 Å². The Kier molecular flexibility index (Phi) is 7.80. The van der Waals surface area contributed by atoms with Crippen molar-refractivity contribution in [2.75, 3.05) is 14.8 Å². The van der Waals surface area contributed by atoms with Gasteiger partial charge in [-0.1, -0.05) is 41.5 Å². The highest BCUT2D eigenvalue weighted by atomic mass is 32.2. The summed E-state index contributed by atoms with van der Waals surface area (Å²) in [5, 5.41) is 2.69. The lowest BCUT2D eigenvalue weighted by atomic mass is 10.1. The van der Waals surface area contributed by atoms with E-state index in [1.165, 1.54) is 36.4 Å². The summed E-state index contributed by atoms with van der Waals surface area (Å²) in [5.74, 6) is -0.536. The van der Waals surface area contributed by atoms with Crippen LogP contribution in [-0.4, -0.2) is 22.7 Å². The van der Waals surface area contributed by atoms with Gasteiger partial charge in [-0.3, -0.25) is 14.2 Å². The van der Waals surface area contributed by atoms with Gasteiger partial charge >= 0.3 is 0 Å². The summed E-state index contributed by atoms with van der Waals surface area (Å²) >= 11 is 0. The third-order valence-electron chi connectivity index (χ3n) is 6.09. The van der Waals surface area contributed by atoms with Gasteiger partial charge in [0.05, 0.1) is 15.5 Å². The molecule has 8 nitrogen and oxygen atoms in total. The molecule has 0 atom stereocenters. The van der Waals surface area contributed by atoms with Crippen LogP contribution in [0.15, 0.2) is 94.7 Å². The molecule has 4 aromatic rings. The zero-order valence-corrected chi connectivity index (χ0v) is 23.6. The molecular weight excluding hydrogens is 534 g/mol. The molecule has 0 aromatic heterocycles. The molecule has 0 radical (unpaired) electrons. The average Bonchev–Trinajstić information content (AvgIpc) is 2.87. The molecule has 0 aliphatic rings. The minimum atomic E-state index is -3.96. The van der Waals surface area contributed by atoms with E-state index < -0.39 is 26.0 Å². The van der Waals surface area contributed by atoms with Crippen LogP contribution in [0.1, 0.15) is 32.6 Å². The van der Waals surface area contributed by atoms with E-state index in [9.17, 15) is 21.6 Å². The van der Waals surface area contributed by atoms with Crippen LogP contribution in [0.3, 0.4) is 0 Å². The molecule has 3 N–H and O–H groups in total. The van der Waals surface area contributed by atoms with E-state index in [1.54, 1.807) is 43.3 Å². The smallest absolute Gasteiger partial charge is 0.262 e. The molecule has 39 heavy (non-hydrogen) atoms. The molecule has 0 saturated heterocycles. The molecule has 0 unspecified atom stereocenters. The highest BCUT2D eigenvalue weighted by Crippen LogP contribution is 2.25. The van der Waals surface area contributed by atoms with Crippen molar-refractivity contribution in [3.05, 3.63) is 113 Å². The first-order chi connectivity index (χ1) is 18.3. The van der Waals surface area contributed by atoms with Gasteiger partial charge in [0, 0.05) is 16.9 Å². The van der Waals surface area contributed by atoms with E-state index in [2.05, 4.69) is 14.8 Å². The zero-order chi connectivity index (χ0) is 28.4. The fraction of sp³-hybridized carbons (Fsp3) is 0.138. The van der Waals surface area contributed by atoms with Crippen molar-refractivity contribution in [3.63, 3.8) is 0 Å². The number of amides is 1. The van der Waals surface area contributed by atoms with Crippen LogP contribution in [0.4, 0.5) is 17.1 Å². The Morgan fingerprint density at radius 1 is 0.590 bits per heavy atom. The van der Waals surface area contributed by atoms with Crippen LogP contribution in [0.2, 0.25) is 0 Å². The summed E-state index contributed by atoms with van der Waals surface area (Å²) in [6, 6.07) is 22.5. The van der Waals surface area contributed by atoms with Crippen molar-refractivity contribution < 1.29 is 21.6 Å². The summed E-state index contributed by atoms with van der Waals surface area (Å²) in [7, 11) is -7.78. The molecule has 4 aromatic carbocycles. The maximum atomic E-state index is 13.2. The molecular formula is C29H29N3O5S2. The van der Waals surface area contributed by atoms with Gasteiger partial charge in [-0.15, -0.1) is 0 Å². The minimum absolute atomic E-state index is 0.0150. The molecule has 0 fully saturated rings. The van der Waals surface area contributed by atoms with Crippen LogP contribution in [0.25, 0.3) is 0 Å². The monoisotopic (exact) mass is 563 g/mol. The first kappa shape index (κ1) is 27.9. The maximum Gasteiger partial charge on any atom is 0.262 e. The summed E-state index contributed by atoms with van der Waals surface area (Å²) in [4.78, 5) is 13.0. The normalized spacial score (nSPS) is 11.6. The van der Waals surface area contributed by atoms with Gasteiger partial charge in [-0.2, -0.15) is 0 Å². The van der Waals surface area contributed by atoms with Gasteiger partial charge < -0.3 is 5.32 Å². The number of sulfonamides is 2. The first-order valence-electron chi connectivity index (χ1n) is 12.1. The number of benzene rings is 4. The Hall–Kier alpha value is -4.15. The third kappa shape index (κ3) is 6.65. The van der Waals surface area contributed by atoms with Crippen LogP contribution >= 0.6 is 0 Å². The van der Waals surface area contributed by atoms with Crippen molar-refractivity contribution in [1.82, 2.24) is 0 Å². The van der Waals surface area contributed by atoms with Gasteiger partial charge in [-0.25, -0.2) is 16.8 Å². The standard InChI is InChI=1S/C29H29N3O5S2/c1-19-5-10-25(11-6-19)31-38(34,35)26-14-12-24(13-15-26)30-29(33)23-9-8-21(3)28(18-23)39(36,37)32-27-16-7-20(2)17-22(27)4/h5-18,31-32H,1-4H3,(H,30,33). The van der Waals surface area contributed by atoms with Crippen LogP contribution < -0.4 is 14.8 Å². The molecule has 0 aliphatic carbocycles. The highest BCUT2D eigenvalue weighted by molar-refractivity contribution is 7.93. The Morgan fingerprint density at radius 3 is 1.85 bits per heavy atom. The van der Waals surface area contributed by atoms with E-state index >= 15 is 0 Å². The molecule has 0 bridgehead atoms. The van der Waals surface area contributed by atoms with E-state index in [0.29, 0.717) is 22.6 Å². The third-order valence-corrected chi connectivity index (χ3v) is 9.00. The number of anilines is 3. The Bertz CT molecular complexity index is 1750. The molecule has 0 spiro atoms. The van der Waals surface area contributed by atoms with Crippen molar-refractivity contribution in [1.29, 1.82) is 0 Å². The fourth-order valence-electron chi connectivity index (χ4n) is 3.92. The second-order valence-electron chi connectivity index (χ2n) is 9.35. The SMILES string of the molecule is Cc1ccc(NS(=O)(=O)c2ccc(NC(=O)c3ccc(C)c(S(=O)(=O)Nc4ccc(C)cc4C)c3)cc2)cc1.